The quantitative estimate of drug-likeness (QED) is 0.819. The molecule has 4 atom stereocenters. The van der Waals surface area contributed by atoms with Crippen LogP contribution < -0.4 is 5.32 Å². The molecular formula is C17H34N2. The van der Waals surface area contributed by atoms with Crippen LogP contribution in [-0.4, -0.2) is 37.1 Å². The number of hydrogen-bond acceptors (Lipinski definition) is 2. The van der Waals surface area contributed by atoms with Crippen molar-refractivity contribution in [3.63, 3.8) is 0 Å². The van der Waals surface area contributed by atoms with Gasteiger partial charge >= 0.3 is 0 Å². The average Bonchev–Trinajstić information content (AvgIpc) is 2.41. The Labute approximate surface area is 120 Å². The van der Waals surface area contributed by atoms with Gasteiger partial charge < -0.3 is 10.2 Å². The van der Waals surface area contributed by atoms with Gasteiger partial charge in [0.15, 0.2) is 0 Å². The lowest BCUT2D eigenvalue weighted by atomic mass is 9.72. The number of nitrogens with zero attached hydrogens (tertiary/aromatic N) is 1. The molecule has 0 aromatic heterocycles. The molecule has 0 amide bonds. The van der Waals surface area contributed by atoms with Gasteiger partial charge in [-0.15, -0.1) is 0 Å². The zero-order chi connectivity index (χ0) is 13.7. The van der Waals surface area contributed by atoms with E-state index in [-0.39, 0.29) is 0 Å². The molecule has 0 aromatic carbocycles. The van der Waals surface area contributed by atoms with Gasteiger partial charge in [0, 0.05) is 12.6 Å². The van der Waals surface area contributed by atoms with Crippen LogP contribution in [0.1, 0.15) is 59.3 Å². The van der Waals surface area contributed by atoms with E-state index < -0.39 is 0 Å². The van der Waals surface area contributed by atoms with Gasteiger partial charge in [0.05, 0.1) is 0 Å². The van der Waals surface area contributed by atoms with E-state index in [4.69, 9.17) is 0 Å². The summed E-state index contributed by atoms with van der Waals surface area (Å²) in [7, 11) is 0. The Balaban J connectivity index is 1.91. The van der Waals surface area contributed by atoms with Crippen molar-refractivity contribution < 1.29 is 0 Å². The molecule has 1 saturated carbocycles. The van der Waals surface area contributed by atoms with E-state index in [2.05, 4.69) is 31.0 Å². The first-order valence-electron chi connectivity index (χ1n) is 8.66. The smallest absolute Gasteiger partial charge is 0.0113 e. The maximum absolute atomic E-state index is 3.85. The van der Waals surface area contributed by atoms with Crippen molar-refractivity contribution in [1.82, 2.24) is 10.2 Å². The lowest BCUT2D eigenvalue weighted by Gasteiger charge is -2.43. The molecule has 0 radical (unpaired) electrons. The van der Waals surface area contributed by atoms with Gasteiger partial charge in [0.1, 0.15) is 0 Å². The minimum Gasteiger partial charge on any atom is -0.314 e. The molecule has 2 heteroatoms. The second-order valence-corrected chi connectivity index (χ2v) is 7.14. The third-order valence-corrected chi connectivity index (χ3v) is 5.25. The molecule has 1 heterocycles. The molecule has 4 unspecified atom stereocenters. The summed E-state index contributed by atoms with van der Waals surface area (Å²) in [5.41, 5.74) is 0. The van der Waals surface area contributed by atoms with E-state index in [1.54, 1.807) is 0 Å². The third kappa shape index (κ3) is 4.46. The Hall–Kier alpha value is -0.0800. The summed E-state index contributed by atoms with van der Waals surface area (Å²) in [6, 6.07) is 0.764. The molecule has 0 aromatic rings. The van der Waals surface area contributed by atoms with Crippen LogP contribution in [-0.2, 0) is 0 Å². The molecule has 0 spiro atoms. The zero-order valence-electron chi connectivity index (χ0n) is 13.3. The minimum atomic E-state index is 0.764. The molecule has 112 valence electrons. The lowest BCUT2D eigenvalue weighted by molar-refractivity contribution is 0.0918. The summed E-state index contributed by atoms with van der Waals surface area (Å²) in [5.74, 6) is 2.67. The number of nitrogens with one attached hydrogen (secondary N) is 1. The number of hydrogen-bond donors (Lipinski definition) is 1. The molecule has 1 saturated heterocycles. The monoisotopic (exact) mass is 266 g/mol. The second-order valence-electron chi connectivity index (χ2n) is 7.14. The lowest BCUT2D eigenvalue weighted by Crippen LogP contribution is -2.50. The Morgan fingerprint density at radius 1 is 1.05 bits per heavy atom. The van der Waals surface area contributed by atoms with Crippen LogP contribution in [0.3, 0.4) is 0 Å². The van der Waals surface area contributed by atoms with Gasteiger partial charge in [0.2, 0.25) is 0 Å². The van der Waals surface area contributed by atoms with Gasteiger partial charge in [-0.25, -0.2) is 0 Å². The van der Waals surface area contributed by atoms with Crippen molar-refractivity contribution >= 4 is 0 Å². The van der Waals surface area contributed by atoms with E-state index in [1.807, 2.05) is 0 Å². The standard InChI is InChI=1S/C17H34N2/c1-4-8-18-17-12-14(2)11-15(3)16(17)13-19-9-6-5-7-10-19/h14-18H,4-13H2,1-3H3. The predicted molar refractivity (Wildman–Crippen MR) is 83.4 cm³/mol. The fraction of sp³-hybridized carbons (Fsp3) is 1.00. The Kier molecular flexibility index (Phi) is 6.15. The molecule has 2 rings (SSSR count). The first-order valence-corrected chi connectivity index (χ1v) is 8.66. The number of rotatable bonds is 5. The van der Waals surface area contributed by atoms with Gasteiger partial charge in [-0.05, 0) is 69.5 Å². The molecule has 2 nitrogen and oxygen atoms in total. The molecule has 1 N–H and O–H groups in total. The minimum absolute atomic E-state index is 0.764. The summed E-state index contributed by atoms with van der Waals surface area (Å²) in [6.45, 7) is 12.4. The summed E-state index contributed by atoms with van der Waals surface area (Å²) < 4.78 is 0. The molecule has 19 heavy (non-hydrogen) atoms. The van der Waals surface area contributed by atoms with Crippen molar-refractivity contribution in [2.45, 2.75) is 65.3 Å². The van der Waals surface area contributed by atoms with E-state index >= 15 is 0 Å². The van der Waals surface area contributed by atoms with Crippen molar-refractivity contribution in [1.29, 1.82) is 0 Å². The van der Waals surface area contributed by atoms with Crippen LogP contribution in [0.2, 0.25) is 0 Å². The molecule has 0 bridgehead atoms. The van der Waals surface area contributed by atoms with Gasteiger partial charge in [-0.1, -0.05) is 27.2 Å². The Morgan fingerprint density at radius 2 is 1.79 bits per heavy atom. The van der Waals surface area contributed by atoms with Crippen molar-refractivity contribution in [2.75, 3.05) is 26.2 Å². The van der Waals surface area contributed by atoms with Gasteiger partial charge in [0.25, 0.3) is 0 Å². The SMILES string of the molecule is CCCNC1CC(C)CC(C)C1CN1CCCCC1. The first-order chi connectivity index (χ1) is 9.20. The maximum atomic E-state index is 3.85. The summed E-state index contributed by atoms with van der Waals surface area (Å²) in [5, 5.41) is 3.85. The van der Waals surface area contributed by atoms with Gasteiger partial charge in [-0.3, -0.25) is 0 Å². The Morgan fingerprint density at radius 3 is 2.47 bits per heavy atom. The van der Waals surface area contributed by atoms with E-state index in [9.17, 15) is 0 Å². The molecule has 2 fully saturated rings. The highest BCUT2D eigenvalue weighted by atomic mass is 15.1. The molecule has 1 aliphatic carbocycles. The fourth-order valence-corrected chi connectivity index (χ4v) is 4.22. The molecular weight excluding hydrogens is 232 g/mol. The molecule has 2 aliphatic rings. The fourth-order valence-electron chi connectivity index (χ4n) is 4.22. The first kappa shape index (κ1) is 15.3. The van der Waals surface area contributed by atoms with Crippen LogP contribution in [0.25, 0.3) is 0 Å². The number of likely N-dealkylation sites (tertiary alicyclic amines) is 1. The third-order valence-electron chi connectivity index (χ3n) is 5.25. The topological polar surface area (TPSA) is 15.3 Å². The highest BCUT2D eigenvalue weighted by Gasteiger charge is 2.34. The van der Waals surface area contributed by atoms with Crippen molar-refractivity contribution in [2.24, 2.45) is 17.8 Å². The molecule has 1 aliphatic heterocycles. The summed E-state index contributed by atoms with van der Waals surface area (Å²) >= 11 is 0. The summed E-state index contributed by atoms with van der Waals surface area (Å²) in [6.07, 6.45) is 8.38. The van der Waals surface area contributed by atoms with Crippen LogP contribution in [0, 0.1) is 17.8 Å². The van der Waals surface area contributed by atoms with E-state index in [0.29, 0.717) is 0 Å². The van der Waals surface area contributed by atoms with Crippen LogP contribution in [0.15, 0.2) is 0 Å². The Bertz CT molecular complexity index is 248. The van der Waals surface area contributed by atoms with E-state index in [1.165, 1.54) is 64.7 Å². The zero-order valence-corrected chi connectivity index (χ0v) is 13.3. The highest BCUT2D eigenvalue weighted by molar-refractivity contribution is 4.89. The van der Waals surface area contributed by atoms with E-state index in [0.717, 1.165) is 23.8 Å². The van der Waals surface area contributed by atoms with Crippen LogP contribution in [0.5, 0.6) is 0 Å². The largest absolute Gasteiger partial charge is 0.314 e. The van der Waals surface area contributed by atoms with Crippen molar-refractivity contribution in [3.8, 4) is 0 Å². The van der Waals surface area contributed by atoms with Crippen molar-refractivity contribution in [3.05, 3.63) is 0 Å². The number of piperidine rings is 1. The normalized spacial score (nSPS) is 37.4. The predicted octanol–water partition coefficient (Wildman–Crippen LogP) is 3.52. The highest BCUT2D eigenvalue weighted by Crippen LogP contribution is 2.34. The van der Waals surface area contributed by atoms with Crippen LogP contribution in [0.4, 0.5) is 0 Å². The second kappa shape index (κ2) is 7.64. The summed E-state index contributed by atoms with van der Waals surface area (Å²) in [4.78, 5) is 2.74. The average molecular weight is 266 g/mol. The van der Waals surface area contributed by atoms with Crippen LogP contribution >= 0.6 is 0 Å². The van der Waals surface area contributed by atoms with Gasteiger partial charge in [-0.2, -0.15) is 0 Å². The maximum Gasteiger partial charge on any atom is 0.0113 e.